The van der Waals surface area contributed by atoms with Crippen molar-refractivity contribution >= 4 is 11.8 Å². The minimum atomic E-state index is -0.407. The van der Waals surface area contributed by atoms with Gasteiger partial charge in [-0.1, -0.05) is 18.2 Å². The normalized spacial score (nSPS) is 25.0. The minimum absolute atomic E-state index is 0.295. The van der Waals surface area contributed by atoms with Crippen molar-refractivity contribution in [2.45, 2.75) is 12.5 Å². The number of nitrogens with zero attached hydrogens (tertiary/aromatic N) is 1. The van der Waals surface area contributed by atoms with Gasteiger partial charge in [0.05, 0.1) is 40.3 Å². The van der Waals surface area contributed by atoms with Crippen LogP contribution in [-0.2, 0) is 11.2 Å². The van der Waals surface area contributed by atoms with Crippen LogP contribution >= 0.6 is 0 Å². The van der Waals surface area contributed by atoms with E-state index >= 15 is 0 Å². The fourth-order valence-corrected chi connectivity index (χ4v) is 4.75. The van der Waals surface area contributed by atoms with E-state index in [4.69, 9.17) is 14.2 Å². The molecule has 0 aliphatic carbocycles. The fourth-order valence-electron chi connectivity index (χ4n) is 4.75. The Morgan fingerprint density at radius 1 is 1.14 bits per heavy atom. The molecule has 1 unspecified atom stereocenters. The highest BCUT2D eigenvalue weighted by atomic mass is 16.5. The number of para-hydroxylation sites is 1. The Hall–Kier alpha value is -2.73. The molecule has 1 N–H and O–H groups in total. The molecule has 6 heteroatoms. The molecule has 0 radical (unpaired) electrons. The van der Waals surface area contributed by atoms with E-state index in [0.717, 1.165) is 41.2 Å². The van der Waals surface area contributed by atoms with Gasteiger partial charge in [0, 0.05) is 17.7 Å². The number of benzene rings is 2. The molecule has 2 heterocycles. The van der Waals surface area contributed by atoms with Gasteiger partial charge in [0.25, 0.3) is 0 Å². The molecule has 2 aromatic carbocycles. The second-order valence-corrected chi connectivity index (χ2v) is 7.84. The molecule has 28 heavy (non-hydrogen) atoms. The second kappa shape index (κ2) is 7.36. The molecule has 2 aliphatic heterocycles. The number of nitrogens with one attached hydrogen (secondary N) is 1. The first-order valence-corrected chi connectivity index (χ1v) is 9.62. The Kier molecular flexibility index (Phi) is 4.89. The van der Waals surface area contributed by atoms with Gasteiger partial charge in [-0.3, -0.25) is 5.32 Å². The average Bonchev–Trinajstić information content (AvgIpc) is 2.69. The number of hydrogen-bond acceptors (Lipinski definition) is 4. The summed E-state index contributed by atoms with van der Waals surface area (Å²) in [4.78, 5) is 12.2. The van der Waals surface area contributed by atoms with E-state index < -0.39 is 6.09 Å². The van der Waals surface area contributed by atoms with Crippen LogP contribution in [0.4, 0.5) is 10.5 Å². The number of rotatable bonds is 5. The summed E-state index contributed by atoms with van der Waals surface area (Å²) >= 11 is 0. The predicted octanol–water partition coefficient (Wildman–Crippen LogP) is 3.63. The summed E-state index contributed by atoms with van der Waals surface area (Å²) in [7, 11) is 5.61. The van der Waals surface area contributed by atoms with Crippen LogP contribution in [0.2, 0.25) is 0 Å². The number of fused-ring (bicyclic) bond motifs is 3. The van der Waals surface area contributed by atoms with Gasteiger partial charge in [-0.05, 0) is 29.8 Å². The maximum absolute atomic E-state index is 12.2. The SMILES string of the molecule is COc1cc2c(cc1OC)[C@H]1[C@H](COC(=O)Nc3ccccc3)C[N+]1(C)CC2. The number of hydrogen-bond donors (Lipinski definition) is 1. The van der Waals surface area contributed by atoms with Crippen molar-refractivity contribution in [2.24, 2.45) is 5.92 Å². The lowest BCUT2D eigenvalue weighted by Gasteiger charge is -2.57. The highest BCUT2D eigenvalue weighted by Crippen LogP contribution is 2.50. The quantitative estimate of drug-likeness (QED) is 0.801. The third-order valence-corrected chi connectivity index (χ3v) is 6.07. The molecule has 2 aliphatic rings. The zero-order chi connectivity index (χ0) is 19.7. The van der Waals surface area contributed by atoms with Crippen molar-refractivity contribution in [1.29, 1.82) is 0 Å². The summed E-state index contributed by atoms with van der Waals surface area (Å²) in [5.74, 6) is 1.82. The third kappa shape index (κ3) is 3.29. The molecule has 0 spiro atoms. The van der Waals surface area contributed by atoms with Gasteiger partial charge in [0.1, 0.15) is 12.6 Å². The molecule has 6 nitrogen and oxygen atoms in total. The molecule has 1 saturated heterocycles. The van der Waals surface area contributed by atoms with E-state index in [1.165, 1.54) is 11.1 Å². The van der Waals surface area contributed by atoms with E-state index in [0.29, 0.717) is 18.6 Å². The predicted molar refractivity (Wildman–Crippen MR) is 107 cm³/mol. The van der Waals surface area contributed by atoms with E-state index in [2.05, 4.69) is 24.5 Å². The van der Waals surface area contributed by atoms with Gasteiger partial charge in [-0.2, -0.15) is 0 Å². The van der Waals surface area contributed by atoms with E-state index in [9.17, 15) is 4.79 Å². The van der Waals surface area contributed by atoms with Gasteiger partial charge in [-0.15, -0.1) is 0 Å². The number of quaternary nitrogens is 1. The molecule has 0 aromatic heterocycles. The van der Waals surface area contributed by atoms with Gasteiger partial charge in [-0.25, -0.2) is 4.79 Å². The lowest BCUT2D eigenvalue weighted by Crippen LogP contribution is -2.66. The van der Waals surface area contributed by atoms with Crippen molar-refractivity contribution in [1.82, 2.24) is 0 Å². The molecule has 1 amide bonds. The zero-order valence-corrected chi connectivity index (χ0v) is 16.6. The van der Waals surface area contributed by atoms with Gasteiger partial charge < -0.3 is 18.7 Å². The largest absolute Gasteiger partial charge is 0.493 e. The highest BCUT2D eigenvalue weighted by Gasteiger charge is 2.55. The van der Waals surface area contributed by atoms with Gasteiger partial charge in [0.15, 0.2) is 11.5 Å². The summed E-state index contributed by atoms with van der Waals surface area (Å²) in [6, 6.07) is 13.9. The Labute approximate surface area is 165 Å². The molecule has 1 fully saturated rings. The van der Waals surface area contributed by atoms with Crippen molar-refractivity contribution < 1.29 is 23.5 Å². The number of likely N-dealkylation sites (N-methyl/N-ethyl adjacent to an activating group) is 1. The molecule has 2 aromatic rings. The number of amides is 1. The van der Waals surface area contributed by atoms with Crippen LogP contribution in [0, 0.1) is 5.92 Å². The third-order valence-electron chi connectivity index (χ3n) is 6.07. The van der Waals surface area contributed by atoms with Crippen LogP contribution < -0.4 is 14.8 Å². The minimum Gasteiger partial charge on any atom is -0.493 e. The molecular weight excluding hydrogens is 356 g/mol. The highest BCUT2D eigenvalue weighted by molar-refractivity contribution is 5.84. The van der Waals surface area contributed by atoms with Gasteiger partial charge in [0.2, 0.25) is 0 Å². The van der Waals surface area contributed by atoms with Crippen molar-refractivity contribution in [2.75, 3.05) is 46.3 Å². The summed E-state index contributed by atoms with van der Waals surface area (Å²) in [6.45, 7) is 2.50. The van der Waals surface area contributed by atoms with E-state index in [1.54, 1.807) is 14.2 Å². The van der Waals surface area contributed by atoms with Crippen LogP contribution in [0.5, 0.6) is 11.5 Å². The van der Waals surface area contributed by atoms with E-state index in [1.807, 2.05) is 30.3 Å². The second-order valence-electron chi connectivity index (χ2n) is 7.84. The molecule has 3 atom stereocenters. The average molecular weight is 383 g/mol. The number of methoxy groups -OCH3 is 2. The van der Waals surface area contributed by atoms with Crippen LogP contribution in [0.15, 0.2) is 42.5 Å². The fraction of sp³-hybridized carbons (Fsp3) is 0.409. The summed E-state index contributed by atoms with van der Waals surface area (Å²) in [6.07, 6.45) is 0.612. The Morgan fingerprint density at radius 3 is 2.57 bits per heavy atom. The number of ether oxygens (including phenoxy) is 3. The molecule has 0 bridgehead atoms. The van der Waals surface area contributed by atoms with Crippen molar-refractivity contribution in [3.8, 4) is 11.5 Å². The molecule has 4 rings (SSSR count). The molecular formula is C22H27N2O4+. The first-order chi connectivity index (χ1) is 13.5. The number of anilines is 1. The van der Waals surface area contributed by atoms with Crippen LogP contribution in [0.3, 0.4) is 0 Å². The summed E-state index contributed by atoms with van der Waals surface area (Å²) in [5, 5.41) is 2.78. The number of carbonyl (C=O) groups excluding carboxylic acids is 1. The van der Waals surface area contributed by atoms with Crippen molar-refractivity contribution in [3.63, 3.8) is 0 Å². The Morgan fingerprint density at radius 2 is 1.86 bits per heavy atom. The zero-order valence-electron chi connectivity index (χ0n) is 16.6. The maximum atomic E-state index is 12.2. The summed E-state index contributed by atoms with van der Waals surface area (Å²) < 4.78 is 17.5. The van der Waals surface area contributed by atoms with E-state index in [-0.39, 0.29) is 0 Å². The Bertz CT molecular complexity index is 870. The van der Waals surface area contributed by atoms with Crippen LogP contribution in [-0.4, -0.2) is 51.5 Å². The van der Waals surface area contributed by atoms with Crippen LogP contribution in [0.1, 0.15) is 17.2 Å². The molecule has 148 valence electrons. The lowest BCUT2D eigenvalue weighted by molar-refractivity contribution is -0.992. The first-order valence-electron chi connectivity index (χ1n) is 9.62. The first kappa shape index (κ1) is 18.6. The smallest absolute Gasteiger partial charge is 0.411 e. The topological polar surface area (TPSA) is 56.8 Å². The van der Waals surface area contributed by atoms with Crippen LogP contribution in [0.25, 0.3) is 0 Å². The summed E-state index contributed by atoms with van der Waals surface area (Å²) in [5.41, 5.74) is 3.33. The van der Waals surface area contributed by atoms with Crippen molar-refractivity contribution in [3.05, 3.63) is 53.6 Å². The Balaban J connectivity index is 1.47. The standard InChI is InChI=1S/C22H26N2O4/c1-24-10-9-15-11-19(26-2)20(27-3)12-18(15)21(24)16(13-24)14-28-22(25)23-17-7-5-4-6-8-17/h4-8,11-12,16,21H,9-10,13-14H2,1-3H3/p+1/t16-,21+,24?/m0/s1. The lowest BCUT2D eigenvalue weighted by atomic mass is 9.75. The maximum Gasteiger partial charge on any atom is 0.411 e. The monoisotopic (exact) mass is 383 g/mol. The molecule has 0 saturated carbocycles. The van der Waals surface area contributed by atoms with Gasteiger partial charge >= 0.3 is 6.09 Å². The number of carbonyl (C=O) groups is 1.